The zero-order chi connectivity index (χ0) is 32.0. The van der Waals surface area contributed by atoms with E-state index in [-0.39, 0.29) is 24.9 Å². The average Bonchev–Trinajstić information content (AvgIpc) is 3.47. The molecule has 234 valence electrons. The van der Waals surface area contributed by atoms with Gasteiger partial charge >= 0.3 is 11.9 Å². The summed E-state index contributed by atoms with van der Waals surface area (Å²) in [6.07, 6.45) is 0.949. The van der Waals surface area contributed by atoms with Crippen molar-refractivity contribution in [2.24, 2.45) is 4.99 Å². The lowest BCUT2D eigenvalue weighted by atomic mass is 9.90. The van der Waals surface area contributed by atoms with Gasteiger partial charge in [0.1, 0.15) is 22.5 Å². The molecule has 0 unspecified atom stereocenters. The molecule has 0 aliphatic carbocycles. The molecule has 2 aliphatic heterocycles. The summed E-state index contributed by atoms with van der Waals surface area (Å²) in [6.45, 7) is 13.6. The van der Waals surface area contributed by atoms with Crippen molar-refractivity contribution in [3.05, 3.63) is 86.8 Å². The van der Waals surface area contributed by atoms with Crippen LogP contribution in [0.4, 0.5) is 0 Å². The van der Waals surface area contributed by atoms with E-state index in [1.807, 2.05) is 32.3 Å². The van der Waals surface area contributed by atoms with E-state index < -0.39 is 11.6 Å². The number of rotatable bonds is 6. The topological polar surface area (TPSA) is 98.9 Å². The summed E-state index contributed by atoms with van der Waals surface area (Å²) in [6, 6.07) is 14.4. The highest BCUT2D eigenvalue weighted by Gasteiger charge is 2.33. The Hall–Kier alpha value is -4.15. The monoisotopic (exact) mass is 625 g/mol. The van der Waals surface area contributed by atoms with E-state index in [4.69, 9.17) is 14.5 Å². The second-order valence-electron chi connectivity index (χ2n) is 12.7. The van der Waals surface area contributed by atoms with Gasteiger partial charge in [0.25, 0.3) is 0 Å². The van der Waals surface area contributed by atoms with E-state index in [1.165, 1.54) is 23.1 Å². The molecule has 0 amide bonds. The first-order valence-electron chi connectivity index (χ1n) is 15.3. The maximum absolute atomic E-state index is 12.6. The lowest BCUT2D eigenvalue weighted by molar-refractivity contribution is -0.156. The first-order valence-corrected chi connectivity index (χ1v) is 16.1. The molecule has 0 saturated heterocycles. The van der Waals surface area contributed by atoms with Crippen molar-refractivity contribution in [1.29, 1.82) is 0 Å². The Morgan fingerprint density at radius 2 is 1.73 bits per heavy atom. The molecule has 2 aliphatic rings. The average molecular weight is 626 g/mol. The fourth-order valence-corrected chi connectivity index (χ4v) is 7.39. The minimum absolute atomic E-state index is 0.0686. The molecule has 10 heteroatoms. The summed E-state index contributed by atoms with van der Waals surface area (Å²) in [5.41, 5.74) is 8.28. The molecule has 0 fully saturated rings. The number of ether oxygens (including phenoxy) is 2. The van der Waals surface area contributed by atoms with Crippen LogP contribution in [0.1, 0.15) is 77.6 Å². The van der Waals surface area contributed by atoms with Crippen molar-refractivity contribution < 1.29 is 19.1 Å². The summed E-state index contributed by atoms with van der Waals surface area (Å²) in [5, 5.41) is 9.82. The van der Waals surface area contributed by atoms with E-state index in [0.717, 1.165) is 57.3 Å². The van der Waals surface area contributed by atoms with Gasteiger partial charge in [-0.25, -0.2) is 0 Å². The maximum atomic E-state index is 12.6. The number of hydrogen-bond donors (Lipinski definition) is 0. The van der Waals surface area contributed by atoms with Gasteiger partial charge in [-0.1, -0.05) is 42.5 Å². The molecule has 0 bridgehead atoms. The number of benzene rings is 2. The Balaban J connectivity index is 1.36. The van der Waals surface area contributed by atoms with E-state index in [2.05, 4.69) is 71.4 Å². The third-order valence-corrected chi connectivity index (χ3v) is 9.61. The number of aliphatic imine (C=N–C) groups is 1. The van der Waals surface area contributed by atoms with Crippen LogP contribution in [0, 0.1) is 20.8 Å². The second-order valence-corrected chi connectivity index (χ2v) is 13.9. The molecular formula is C35H39N5O4S. The predicted octanol–water partition coefficient (Wildman–Crippen LogP) is 6.08. The largest absolute Gasteiger partial charge is 0.469 e. The lowest BCUT2D eigenvalue weighted by Gasteiger charge is -2.30. The van der Waals surface area contributed by atoms with Gasteiger partial charge in [-0.3, -0.25) is 24.0 Å². The Labute approximate surface area is 267 Å². The number of aryl methyl sites for hydroxylation is 2. The van der Waals surface area contributed by atoms with Gasteiger partial charge in [-0.05, 0) is 75.8 Å². The van der Waals surface area contributed by atoms with Crippen molar-refractivity contribution in [1.82, 2.24) is 19.7 Å². The number of fused-ring (bicyclic) bond motifs is 4. The van der Waals surface area contributed by atoms with Crippen LogP contribution >= 0.6 is 11.3 Å². The van der Waals surface area contributed by atoms with Crippen LogP contribution in [0.5, 0.6) is 0 Å². The molecule has 2 aromatic carbocycles. The van der Waals surface area contributed by atoms with Crippen LogP contribution in [0.25, 0.3) is 16.1 Å². The highest BCUT2D eigenvalue weighted by molar-refractivity contribution is 7.15. The molecular weight excluding hydrogens is 586 g/mol. The van der Waals surface area contributed by atoms with Crippen molar-refractivity contribution >= 4 is 29.0 Å². The van der Waals surface area contributed by atoms with Crippen LogP contribution in [0.2, 0.25) is 0 Å². The van der Waals surface area contributed by atoms with Crippen LogP contribution in [0.3, 0.4) is 0 Å². The number of methoxy groups -OCH3 is 1. The van der Waals surface area contributed by atoms with Gasteiger partial charge in [0.05, 0.1) is 25.8 Å². The SMILES string of the molecule is COC(=O)C[C@@H]1N=C(c2ccc(-c3cccc4c3CN(CC(=O)OC(C)(C)C)CC4)cc2)c2c(sc(C)c2C)-n2c(C)nnc21. The minimum Gasteiger partial charge on any atom is -0.469 e. The van der Waals surface area contributed by atoms with Crippen molar-refractivity contribution in [2.75, 3.05) is 20.2 Å². The number of hydrogen-bond acceptors (Lipinski definition) is 9. The van der Waals surface area contributed by atoms with Gasteiger partial charge in [0.2, 0.25) is 0 Å². The molecule has 4 aromatic rings. The van der Waals surface area contributed by atoms with Crippen molar-refractivity contribution in [3.8, 4) is 16.1 Å². The third kappa shape index (κ3) is 6.09. The summed E-state index contributed by atoms with van der Waals surface area (Å²) in [7, 11) is 1.39. The summed E-state index contributed by atoms with van der Waals surface area (Å²) < 4.78 is 12.7. The van der Waals surface area contributed by atoms with E-state index in [0.29, 0.717) is 12.4 Å². The molecule has 0 saturated carbocycles. The van der Waals surface area contributed by atoms with E-state index in [1.54, 1.807) is 11.3 Å². The number of nitrogens with zero attached hydrogens (tertiary/aromatic N) is 5. The standard InChI is InChI=1S/C35H39N5O4S/c1-20-21(2)45-34-31(20)32(36-28(17-29(41)43-7)33-38-37-22(3)40(33)34)25-13-11-24(12-14-25)26-10-8-9-23-15-16-39(18-27(23)26)19-30(42)44-35(4,5)6/h8-14,28H,15-19H2,1-7H3/t28-/m0/s1. The Kier molecular flexibility index (Phi) is 8.22. The number of carbonyl (C=O) groups excluding carboxylic acids is 2. The van der Waals surface area contributed by atoms with Crippen molar-refractivity contribution in [2.45, 2.75) is 72.6 Å². The molecule has 1 atom stereocenters. The predicted molar refractivity (Wildman–Crippen MR) is 175 cm³/mol. The van der Waals surface area contributed by atoms with Gasteiger partial charge in [-0.2, -0.15) is 0 Å². The Morgan fingerprint density at radius 3 is 2.44 bits per heavy atom. The van der Waals surface area contributed by atoms with Crippen LogP contribution in [-0.4, -0.2) is 63.1 Å². The molecule has 0 N–H and O–H groups in total. The molecule has 2 aromatic heterocycles. The normalized spacial score (nSPS) is 16.2. The minimum atomic E-state index is -0.537. The molecule has 45 heavy (non-hydrogen) atoms. The summed E-state index contributed by atoms with van der Waals surface area (Å²) >= 11 is 1.69. The maximum Gasteiger partial charge on any atom is 0.320 e. The zero-order valence-electron chi connectivity index (χ0n) is 26.9. The van der Waals surface area contributed by atoms with Crippen LogP contribution < -0.4 is 0 Å². The third-order valence-electron chi connectivity index (χ3n) is 8.42. The fourth-order valence-electron chi connectivity index (χ4n) is 6.17. The quantitative estimate of drug-likeness (QED) is 0.240. The lowest BCUT2D eigenvalue weighted by Crippen LogP contribution is -2.38. The molecule has 9 nitrogen and oxygen atoms in total. The Morgan fingerprint density at radius 1 is 1.00 bits per heavy atom. The molecule has 6 rings (SSSR count). The van der Waals surface area contributed by atoms with Crippen LogP contribution in [-0.2, 0) is 32.0 Å². The van der Waals surface area contributed by atoms with Gasteiger partial charge in [0, 0.05) is 29.1 Å². The first kappa shape index (κ1) is 30.9. The zero-order valence-corrected chi connectivity index (χ0v) is 27.7. The van der Waals surface area contributed by atoms with Gasteiger partial charge in [0.15, 0.2) is 5.82 Å². The van der Waals surface area contributed by atoms with Crippen LogP contribution in [0.15, 0.2) is 47.5 Å². The number of thiophene rings is 1. The van der Waals surface area contributed by atoms with Crippen molar-refractivity contribution in [3.63, 3.8) is 0 Å². The van der Waals surface area contributed by atoms with E-state index >= 15 is 0 Å². The highest BCUT2D eigenvalue weighted by atomic mass is 32.1. The summed E-state index contributed by atoms with van der Waals surface area (Å²) in [4.78, 5) is 33.6. The molecule has 0 spiro atoms. The summed E-state index contributed by atoms with van der Waals surface area (Å²) in [5.74, 6) is 0.842. The van der Waals surface area contributed by atoms with Gasteiger partial charge < -0.3 is 9.47 Å². The number of esters is 2. The van der Waals surface area contributed by atoms with Gasteiger partial charge in [-0.15, -0.1) is 21.5 Å². The molecule has 0 radical (unpaired) electrons. The highest BCUT2D eigenvalue weighted by Crippen LogP contribution is 2.40. The number of aromatic nitrogens is 3. The van der Waals surface area contributed by atoms with E-state index in [9.17, 15) is 9.59 Å². The smallest absolute Gasteiger partial charge is 0.320 e. The number of carbonyl (C=O) groups is 2. The second kappa shape index (κ2) is 12.0. The molecule has 4 heterocycles. The fraction of sp³-hybridized carbons (Fsp3) is 0.400. The Bertz CT molecular complexity index is 1810. The first-order chi connectivity index (χ1) is 21.4.